The predicted molar refractivity (Wildman–Crippen MR) is 63.4 cm³/mol. The van der Waals surface area contributed by atoms with E-state index in [1.165, 1.54) is 32.4 Å². The number of ether oxygens (including phenoxy) is 3. The molecule has 1 aromatic carbocycles. The molecular formula is C13H12O5. The van der Waals surface area contributed by atoms with E-state index in [2.05, 4.69) is 15.4 Å². The zero-order valence-electron chi connectivity index (χ0n) is 10.1. The lowest BCUT2D eigenvalue weighted by Crippen LogP contribution is -2.09. The normalized spacial score (nSPS) is 9.17. The van der Waals surface area contributed by atoms with Crippen LogP contribution in [0.1, 0.15) is 20.7 Å². The summed E-state index contributed by atoms with van der Waals surface area (Å²) >= 11 is 0. The second-order valence-electron chi connectivity index (χ2n) is 3.19. The van der Waals surface area contributed by atoms with Crippen LogP contribution >= 0.6 is 0 Å². The summed E-state index contributed by atoms with van der Waals surface area (Å²) < 4.78 is 14.4. The Kier molecular flexibility index (Phi) is 4.76. The molecule has 0 aliphatic heterocycles. The maximum atomic E-state index is 11.6. The Morgan fingerprint density at radius 2 is 1.89 bits per heavy atom. The maximum Gasteiger partial charge on any atom is 0.341 e. The van der Waals surface area contributed by atoms with E-state index < -0.39 is 11.9 Å². The number of rotatable bonds is 4. The zero-order chi connectivity index (χ0) is 13.5. The molecule has 0 amide bonds. The SMILES string of the molecule is C#CCOc1ccc(C(=O)OC)cc1C(=O)OC. The van der Waals surface area contributed by atoms with Gasteiger partial charge in [0.1, 0.15) is 17.9 Å². The van der Waals surface area contributed by atoms with Crippen LogP contribution in [0.2, 0.25) is 0 Å². The molecule has 0 fully saturated rings. The largest absolute Gasteiger partial charge is 0.480 e. The zero-order valence-corrected chi connectivity index (χ0v) is 10.1. The van der Waals surface area contributed by atoms with E-state index in [-0.39, 0.29) is 23.5 Å². The molecule has 0 atom stereocenters. The van der Waals surface area contributed by atoms with E-state index in [0.29, 0.717) is 0 Å². The molecule has 0 aromatic heterocycles. The monoisotopic (exact) mass is 248 g/mol. The molecule has 0 saturated heterocycles. The number of terminal acetylenes is 1. The smallest absolute Gasteiger partial charge is 0.341 e. The third kappa shape index (κ3) is 3.01. The van der Waals surface area contributed by atoms with Gasteiger partial charge in [0.25, 0.3) is 0 Å². The van der Waals surface area contributed by atoms with Gasteiger partial charge in [-0.15, -0.1) is 6.42 Å². The number of hydrogen-bond donors (Lipinski definition) is 0. The third-order valence-electron chi connectivity index (χ3n) is 2.12. The highest BCUT2D eigenvalue weighted by atomic mass is 16.5. The summed E-state index contributed by atoms with van der Waals surface area (Å²) in [4.78, 5) is 22.9. The van der Waals surface area contributed by atoms with Crippen LogP contribution < -0.4 is 4.74 Å². The number of esters is 2. The molecule has 18 heavy (non-hydrogen) atoms. The summed E-state index contributed by atoms with van der Waals surface area (Å²) in [6.45, 7) is 0.0154. The van der Waals surface area contributed by atoms with Gasteiger partial charge in [0.2, 0.25) is 0 Å². The summed E-state index contributed by atoms with van der Waals surface area (Å²) in [5.74, 6) is 1.37. The van der Waals surface area contributed by atoms with E-state index in [0.717, 1.165) is 0 Å². The number of carbonyl (C=O) groups is 2. The van der Waals surface area contributed by atoms with Crippen molar-refractivity contribution in [2.45, 2.75) is 0 Å². The summed E-state index contributed by atoms with van der Waals surface area (Å²) in [6.07, 6.45) is 5.07. The van der Waals surface area contributed by atoms with Crippen molar-refractivity contribution in [3.8, 4) is 18.1 Å². The van der Waals surface area contributed by atoms with Gasteiger partial charge in [-0.2, -0.15) is 0 Å². The summed E-state index contributed by atoms with van der Waals surface area (Å²) in [7, 11) is 2.49. The van der Waals surface area contributed by atoms with Gasteiger partial charge in [-0.1, -0.05) is 5.92 Å². The standard InChI is InChI=1S/C13H12O5/c1-4-7-18-11-6-5-9(12(14)16-2)8-10(11)13(15)17-3/h1,5-6,8H,7H2,2-3H3. The Hall–Kier alpha value is -2.48. The van der Waals surface area contributed by atoms with Crippen molar-refractivity contribution in [3.05, 3.63) is 29.3 Å². The average molecular weight is 248 g/mol. The third-order valence-corrected chi connectivity index (χ3v) is 2.12. The molecule has 0 aliphatic rings. The van der Waals surface area contributed by atoms with E-state index in [1.54, 1.807) is 0 Å². The van der Waals surface area contributed by atoms with Crippen LogP contribution in [0.5, 0.6) is 5.75 Å². The molecule has 5 nitrogen and oxygen atoms in total. The highest BCUT2D eigenvalue weighted by Crippen LogP contribution is 2.21. The van der Waals surface area contributed by atoms with Gasteiger partial charge in [0.15, 0.2) is 0 Å². The number of carbonyl (C=O) groups excluding carboxylic acids is 2. The first-order valence-electron chi connectivity index (χ1n) is 5.01. The van der Waals surface area contributed by atoms with Crippen LogP contribution in [0.25, 0.3) is 0 Å². The molecule has 1 rings (SSSR count). The molecule has 0 heterocycles. The van der Waals surface area contributed by atoms with Crippen molar-refractivity contribution in [1.29, 1.82) is 0 Å². The Balaban J connectivity index is 3.16. The van der Waals surface area contributed by atoms with Crippen LogP contribution in [0.15, 0.2) is 18.2 Å². The minimum Gasteiger partial charge on any atom is -0.480 e. The summed E-state index contributed by atoms with van der Waals surface area (Å²) in [6, 6.07) is 4.28. The predicted octanol–water partition coefficient (Wildman–Crippen LogP) is 1.27. The molecule has 0 radical (unpaired) electrons. The molecule has 0 unspecified atom stereocenters. The lowest BCUT2D eigenvalue weighted by molar-refractivity contribution is 0.0596. The number of hydrogen-bond acceptors (Lipinski definition) is 5. The van der Waals surface area contributed by atoms with Crippen LogP contribution in [0.4, 0.5) is 0 Å². The Bertz CT molecular complexity index is 499. The fourth-order valence-corrected chi connectivity index (χ4v) is 1.29. The molecule has 0 N–H and O–H groups in total. The lowest BCUT2D eigenvalue weighted by Gasteiger charge is -2.09. The number of methoxy groups -OCH3 is 2. The summed E-state index contributed by atoms with van der Waals surface area (Å²) in [5, 5.41) is 0. The van der Waals surface area contributed by atoms with Crippen molar-refractivity contribution >= 4 is 11.9 Å². The van der Waals surface area contributed by atoms with Gasteiger partial charge in [0.05, 0.1) is 19.8 Å². The van der Waals surface area contributed by atoms with E-state index in [1.807, 2.05) is 0 Å². The van der Waals surface area contributed by atoms with Gasteiger partial charge < -0.3 is 14.2 Å². The van der Waals surface area contributed by atoms with Crippen LogP contribution in [0, 0.1) is 12.3 Å². The molecule has 1 aromatic rings. The van der Waals surface area contributed by atoms with Crippen LogP contribution in [0.3, 0.4) is 0 Å². The molecule has 0 bridgehead atoms. The minimum absolute atomic E-state index is 0.0154. The fraction of sp³-hybridized carbons (Fsp3) is 0.231. The van der Waals surface area contributed by atoms with E-state index >= 15 is 0 Å². The van der Waals surface area contributed by atoms with Gasteiger partial charge in [0, 0.05) is 0 Å². The van der Waals surface area contributed by atoms with Crippen LogP contribution in [-0.4, -0.2) is 32.8 Å². The van der Waals surface area contributed by atoms with Crippen molar-refractivity contribution in [1.82, 2.24) is 0 Å². The second-order valence-corrected chi connectivity index (χ2v) is 3.19. The highest BCUT2D eigenvalue weighted by Gasteiger charge is 2.16. The van der Waals surface area contributed by atoms with Crippen molar-refractivity contribution in [3.63, 3.8) is 0 Å². The molecule has 0 aliphatic carbocycles. The highest BCUT2D eigenvalue weighted by molar-refractivity contribution is 5.97. The van der Waals surface area contributed by atoms with Crippen molar-refractivity contribution in [2.24, 2.45) is 0 Å². The number of benzene rings is 1. The molecule has 5 heteroatoms. The Morgan fingerprint density at radius 3 is 2.44 bits per heavy atom. The Labute approximate surface area is 105 Å². The minimum atomic E-state index is -0.618. The summed E-state index contributed by atoms with van der Waals surface area (Å²) in [5.41, 5.74) is 0.349. The maximum absolute atomic E-state index is 11.6. The van der Waals surface area contributed by atoms with Crippen molar-refractivity contribution in [2.75, 3.05) is 20.8 Å². The first kappa shape index (κ1) is 13.6. The first-order chi connectivity index (χ1) is 8.63. The quantitative estimate of drug-likeness (QED) is 0.593. The fourth-order valence-electron chi connectivity index (χ4n) is 1.29. The lowest BCUT2D eigenvalue weighted by atomic mass is 10.1. The van der Waals surface area contributed by atoms with E-state index in [9.17, 15) is 9.59 Å². The van der Waals surface area contributed by atoms with Crippen LogP contribution in [-0.2, 0) is 9.47 Å². The van der Waals surface area contributed by atoms with Crippen molar-refractivity contribution < 1.29 is 23.8 Å². The first-order valence-corrected chi connectivity index (χ1v) is 5.01. The molecular weight excluding hydrogens is 236 g/mol. The Morgan fingerprint density at radius 1 is 1.22 bits per heavy atom. The average Bonchev–Trinajstić information content (AvgIpc) is 2.43. The molecule has 0 saturated carbocycles. The van der Waals surface area contributed by atoms with Gasteiger partial charge in [-0.25, -0.2) is 9.59 Å². The molecule has 94 valence electrons. The second kappa shape index (κ2) is 6.30. The van der Waals surface area contributed by atoms with E-state index in [4.69, 9.17) is 11.2 Å². The topological polar surface area (TPSA) is 61.8 Å². The molecule has 0 spiro atoms. The van der Waals surface area contributed by atoms with Gasteiger partial charge >= 0.3 is 11.9 Å². The van der Waals surface area contributed by atoms with Gasteiger partial charge in [-0.05, 0) is 18.2 Å². The van der Waals surface area contributed by atoms with Gasteiger partial charge in [-0.3, -0.25) is 0 Å².